The Bertz CT molecular complexity index is 3080. The van der Waals surface area contributed by atoms with Gasteiger partial charge in [0.05, 0.1) is 55.0 Å². The van der Waals surface area contributed by atoms with Gasteiger partial charge in [0, 0.05) is 75.2 Å². The molecule has 0 unspecified atom stereocenters. The second kappa shape index (κ2) is 45.6. The third-order valence-corrected chi connectivity index (χ3v) is 20.8. The molecular weight excluding hydrogens is 1440 g/mol. The predicted molar refractivity (Wildman–Crippen MR) is 397 cm³/mol. The minimum atomic E-state index is -4.60. The average molecular weight is 1560 g/mol. The summed E-state index contributed by atoms with van der Waals surface area (Å²) in [5.41, 5.74) is -0.617. The minimum absolute atomic E-state index is 0. The van der Waals surface area contributed by atoms with E-state index >= 15 is 9.13 Å². The van der Waals surface area contributed by atoms with Crippen molar-refractivity contribution in [3.05, 3.63) is 119 Å². The number of ether oxygens (including phenoxy) is 6. The van der Waals surface area contributed by atoms with Gasteiger partial charge >= 0.3 is 47.5 Å². The van der Waals surface area contributed by atoms with Crippen molar-refractivity contribution in [2.75, 3.05) is 127 Å². The Hall–Kier alpha value is -3.20. The number of para-hydroxylation sites is 4. The van der Waals surface area contributed by atoms with Crippen LogP contribution in [0, 0.1) is 0 Å². The first-order chi connectivity index (χ1) is 46.9. The summed E-state index contributed by atoms with van der Waals surface area (Å²) in [4.78, 5) is 50.8. The van der Waals surface area contributed by atoms with Gasteiger partial charge < -0.3 is 86.1 Å². The Labute approximate surface area is 620 Å². The zero-order valence-corrected chi connectivity index (χ0v) is 68.6. The molecule has 0 saturated heterocycles. The van der Waals surface area contributed by atoms with Crippen LogP contribution in [0.25, 0.3) is 0 Å². The van der Waals surface area contributed by atoms with E-state index in [1.54, 1.807) is 50.6 Å². The van der Waals surface area contributed by atoms with E-state index < -0.39 is 71.5 Å². The van der Waals surface area contributed by atoms with Crippen LogP contribution in [0.2, 0.25) is 0 Å². The van der Waals surface area contributed by atoms with Crippen molar-refractivity contribution >= 4 is 30.4 Å². The van der Waals surface area contributed by atoms with Crippen LogP contribution in [0.1, 0.15) is 144 Å². The van der Waals surface area contributed by atoms with Crippen molar-refractivity contribution < 1.29 is 112 Å². The fraction of sp³-hybridized carbons (Fsp3) is 0.662. The van der Waals surface area contributed by atoms with Gasteiger partial charge in [-0.1, -0.05) is 79.2 Å². The van der Waals surface area contributed by atoms with Gasteiger partial charge in [0.2, 0.25) is 0 Å². The molecule has 0 aromatic heterocycles. The van der Waals surface area contributed by atoms with E-state index in [9.17, 15) is 38.9 Å². The molecule has 4 aromatic carbocycles. The van der Waals surface area contributed by atoms with Crippen molar-refractivity contribution in [3.8, 4) is 23.0 Å². The van der Waals surface area contributed by atoms with Crippen LogP contribution < -0.4 is 9.47 Å². The molecule has 0 radical (unpaired) electrons. The summed E-state index contributed by atoms with van der Waals surface area (Å²) in [6.45, 7) is 26.8. The van der Waals surface area contributed by atoms with Gasteiger partial charge in [-0.25, -0.2) is 0 Å². The van der Waals surface area contributed by atoms with E-state index in [2.05, 4.69) is 28.8 Å². The zero-order chi connectivity index (χ0) is 75.9. The molecule has 0 aliphatic carbocycles. The van der Waals surface area contributed by atoms with E-state index in [0.29, 0.717) is 88.0 Å². The van der Waals surface area contributed by atoms with Crippen LogP contribution in [-0.4, -0.2) is 221 Å². The van der Waals surface area contributed by atoms with Gasteiger partial charge in [-0.2, -0.15) is 0 Å². The molecule has 0 bridgehead atoms. The monoisotopic (exact) mass is 1560 g/mol. The molecule has 0 aliphatic rings. The predicted octanol–water partition coefficient (Wildman–Crippen LogP) is 13.4. The van der Waals surface area contributed by atoms with Gasteiger partial charge in [0.1, 0.15) is 48.1 Å². The molecule has 0 amide bonds. The number of hydrogen-bond donors (Lipinski definition) is 6. The number of aromatic hydroxyl groups is 2. The summed E-state index contributed by atoms with van der Waals surface area (Å²) in [5.74, 6) is 1.14. The second-order valence-electron chi connectivity index (χ2n) is 29.7. The topological polar surface area (TPSA) is 301 Å². The molecule has 1 atom stereocenters. The van der Waals surface area contributed by atoms with Crippen LogP contribution in [-0.2, 0) is 98.6 Å². The standard InChI is InChI=1S/C48H87N3O12P2.C23H37N3O8P2.Fe/c1-45(2,3)60-64(52,61-46(4,5)6)36-50(33-40-23-17-19-26-43(40)58-38-56-31-29-54-15)35-42(25-21-22-28-49(13)14)51(37-65(53,62-47(7,8)9)63-48(10,11)12)34-41-24-18-20-27-44(41)59-39-57-32-30-55-16;1-24(2)14-8-7-13-23(25(17-35(29,30)31)15-19-9-3-5-11-21(19)27)26(18-36(32,33)34)16-20-10-4-6-12-22(20)28;/h17-20,23-24,26-27,42H,21-22,25,28-39H2,1-16H3;3-6,9-12,23,27-28H,7-8,13-18H2,1-2H3,(H2,29,30,31)(H2,32,33,34);/q;;+2/t42-;;/m0../s1. The van der Waals surface area contributed by atoms with E-state index in [-0.39, 0.29) is 73.9 Å². The van der Waals surface area contributed by atoms with Crippen LogP contribution in [0.3, 0.4) is 0 Å². The number of methoxy groups -OCH3 is 2. The summed E-state index contributed by atoms with van der Waals surface area (Å²) in [7, 11) is -5.70. The molecule has 6 N–H and O–H groups in total. The van der Waals surface area contributed by atoms with Crippen LogP contribution in [0.4, 0.5) is 0 Å². The third-order valence-electron chi connectivity index (χ3n) is 14.6. The molecule has 26 nitrogen and oxygen atoms in total. The molecule has 0 spiro atoms. The van der Waals surface area contributed by atoms with Gasteiger partial charge in [0.15, 0.2) is 13.6 Å². The Morgan fingerprint density at radius 3 is 1.13 bits per heavy atom. The molecule has 4 rings (SSSR count). The molecule has 0 aliphatic heterocycles. The fourth-order valence-electron chi connectivity index (χ4n) is 10.9. The van der Waals surface area contributed by atoms with Crippen molar-refractivity contribution in [1.82, 2.24) is 29.4 Å². The Morgan fingerprint density at radius 1 is 0.422 bits per heavy atom. The van der Waals surface area contributed by atoms with Gasteiger partial charge in [-0.15, -0.1) is 0 Å². The Morgan fingerprint density at radius 2 is 0.765 bits per heavy atom. The Kier molecular flexibility index (Phi) is 42.4. The smallest absolute Gasteiger partial charge is 0.508 e. The number of unbranched alkanes of at least 4 members (excludes halogenated alkanes) is 2. The summed E-state index contributed by atoms with van der Waals surface area (Å²) >= 11 is 0. The molecule has 102 heavy (non-hydrogen) atoms. The van der Waals surface area contributed by atoms with Crippen molar-refractivity contribution in [2.24, 2.45) is 0 Å². The SMILES string of the molecule is CN(C)CCCCC(N(Cc1ccccc1O)CP(=O)(O)O)N(Cc1ccccc1O)CP(=O)(O)O.COCCOCOc1ccccc1CN(C[C@H](CCCCN(C)C)N(Cc1ccccc1OCOCCOC)CP(=O)(OC(C)(C)C)OC(C)(C)C)CP(=O)(OC(C)(C)C)OC(C)(C)C.[Fe+2]. The molecule has 0 heterocycles. The molecular formula is C71H124FeN6O20P4+2. The zero-order valence-electron chi connectivity index (χ0n) is 63.9. The second-order valence-corrected chi connectivity index (χ2v) is 36.7. The Balaban J connectivity index is 0.000000805. The molecule has 31 heteroatoms. The molecule has 4 aromatic rings. The van der Waals surface area contributed by atoms with Crippen molar-refractivity contribution in [3.63, 3.8) is 0 Å². The van der Waals surface area contributed by atoms with Crippen molar-refractivity contribution in [1.29, 1.82) is 0 Å². The summed E-state index contributed by atoms with van der Waals surface area (Å²) in [5, 5.41) is 20.6. The van der Waals surface area contributed by atoms with E-state index in [1.807, 2.05) is 151 Å². The van der Waals surface area contributed by atoms with Gasteiger partial charge in [0.25, 0.3) is 0 Å². The maximum Gasteiger partial charge on any atom is 2.00 e. The maximum absolute atomic E-state index is 15.4. The summed E-state index contributed by atoms with van der Waals surface area (Å²) in [6, 6.07) is 28.1. The number of nitrogens with zero attached hydrogens (tertiary/aromatic N) is 6. The first kappa shape index (κ1) is 94.9. The number of rotatable bonds is 47. The number of benzene rings is 4. The third kappa shape index (κ3) is 42.4. The quantitative estimate of drug-likeness (QED) is 0.0104. The van der Waals surface area contributed by atoms with E-state index in [4.69, 9.17) is 46.5 Å². The largest absolute Gasteiger partial charge is 2.00 e. The van der Waals surface area contributed by atoms with E-state index in [1.165, 1.54) is 21.9 Å². The van der Waals surface area contributed by atoms with Crippen LogP contribution in [0.15, 0.2) is 97.1 Å². The normalized spacial score (nSPS) is 13.4. The van der Waals surface area contributed by atoms with Crippen LogP contribution in [0.5, 0.6) is 23.0 Å². The number of phenolic OH excluding ortho intramolecular Hbond substituents is 2. The van der Waals surface area contributed by atoms with Gasteiger partial charge in [-0.05, 0) is 181 Å². The van der Waals surface area contributed by atoms with Crippen molar-refractivity contribution in [2.45, 2.75) is 182 Å². The molecule has 584 valence electrons. The summed E-state index contributed by atoms with van der Waals surface area (Å²) in [6.07, 6.45) is 1.89. The summed E-state index contributed by atoms with van der Waals surface area (Å²) < 4.78 is 115. The molecule has 0 fully saturated rings. The van der Waals surface area contributed by atoms with Crippen LogP contribution >= 0.6 is 30.4 Å². The van der Waals surface area contributed by atoms with E-state index in [0.717, 1.165) is 43.5 Å². The molecule has 0 saturated carbocycles. The number of phenols is 2. The minimum Gasteiger partial charge on any atom is -0.508 e. The average Bonchev–Trinajstić information content (AvgIpc) is 0.816. The fourth-order valence-corrected chi connectivity index (χ4v) is 17.6. The first-order valence-electron chi connectivity index (χ1n) is 34.3. The number of hydrogen-bond acceptors (Lipinski definition) is 22. The maximum atomic E-state index is 15.4. The first-order valence-corrected chi connectivity index (χ1v) is 41.4. The van der Waals surface area contributed by atoms with Gasteiger partial charge in [-0.3, -0.25) is 37.9 Å².